The first-order chi connectivity index (χ1) is 17.8. The molecule has 3 aliphatic rings. The Hall–Kier alpha value is -2.76. The summed E-state index contributed by atoms with van der Waals surface area (Å²) < 4.78 is 60.9. The number of alkyl halides is 3. The van der Waals surface area contributed by atoms with Crippen LogP contribution in [0.4, 0.5) is 23.4 Å². The van der Waals surface area contributed by atoms with Gasteiger partial charge in [0.15, 0.2) is 17.3 Å². The van der Waals surface area contributed by atoms with Gasteiger partial charge in [-0.05, 0) is 55.2 Å². The van der Waals surface area contributed by atoms with Gasteiger partial charge in [0, 0.05) is 43.2 Å². The highest BCUT2D eigenvalue weighted by Crippen LogP contribution is 2.36. The van der Waals surface area contributed by atoms with Gasteiger partial charge in [-0.15, -0.1) is 10.2 Å². The third-order valence-corrected chi connectivity index (χ3v) is 7.70. The largest absolute Gasteiger partial charge is 0.436 e. The maximum absolute atomic E-state index is 13.7. The third kappa shape index (κ3) is 4.68. The molecule has 37 heavy (non-hydrogen) atoms. The zero-order chi connectivity index (χ0) is 25.7. The molecule has 1 atom stereocenters. The molecule has 5 heterocycles. The zero-order valence-electron chi connectivity index (χ0n) is 19.9. The fourth-order valence-electron chi connectivity index (χ4n) is 5.56. The van der Waals surface area contributed by atoms with Crippen molar-refractivity contribution in [3.8, 4) is 5.69 Å². The molecular formula is C25H25ClF4N6O. The SMILES string of the molecule is Fc1ccc(N2CCC(c3nnc4n3-c3ccc(Cl)cc3CN([C@@H]3CCOC3)C4)CC2)nc1C(F)(F)F. The molecular weight excluding hydrogens is 512 g/mol. The molecule has 0 aliphatic carbocycles. The summed E-state index contributed by atoms with van der Waals surface area (Å²) >= 11 is 6.36. The van der Waals surface area contributed by atoms with Crippen molar-refractivity contribution >= 4 is 17.4 Å². The van der Waals surface area contributed by atoms with Crippen molar-refractivity contribution in [3.63, 3.8) is 0 Å². The summed E-state index contributed by atoms with van der Waals surface area (Å²) in [6, 6.07) is 8.28. The van der Waals surface area contributed by atoms with E-state index in [0.29, 0.717) is 50.1 Å². The van der Waals surface area contributed by atoms with Gasteiger partial charge >= 0.3 is 6.18 Å². The van der Waals surface area contributed by atoms with E-state index >= 15 is 0 Å². The van der Waals surface area contributed by atoms with Gasteiger partial charge in [-0.2, -0.15) is 13.2 Å². The van der Waals surface area contributed by atoms with Gasteiger partial charge in [0.1, 0.15) is 11.6 Å². The summed E-state index contributed by atoms with van der Waals surface area (Å²) in [4.78, 5) is 7.71. The van der Waals surface area contributed by atoms with Crippen LogP contribution in [0.15, 0.2) is 30.3 Å². The molecule has 7 nitrogen and oxygen atoms in total. The molecule has 3 aliphatic heterocycles. The standard InChI is InChI=1S/C25H25ClF4N6O/c26-17-1-3-20-16(11-17)12-35(18-7-10-37-14-18)13-22-32-33-24(36(20)22)15-5-8-34(9-6-15)21-4-2-19(27)23(31-21)25(28,29)30/h1-4,11,15,18H,5-10,12-14H2/t18-/m1/s1. The van der Waals surface area contributed by atoms with E-state index in [0.717, 1.165) is 48.5 Å². The molecule has 12 heteroatoms. The van der Waals surface area contributed by atoms with E-state index in [-0.39, 0.29) is 11.7 Å². The number of anilines is 1. The normalized spacial score (nSPS) is 21.1. The highest BCUT2D eigenvalue weighted by molar-refractivity contribution is 6.30. The lowest BCUT2D eigenvalue weighted by molar-refractivity contribution is -0.143. The second-order valence-electron chi connectivity index (χ2n) is 9.76. The van der Waals surface area contributed by atoms with Crippen LogP contribution in [0.25, 0.3) is 5.69 Å². The lowest BCUT2D eigenvalue weighted by atomic mass is 9.95. The summed E-state index contributed by atoms with van der Waals surface area (Å²) in [6.45, 7) is 3.73. The molecule has 6 rings (SSSR count). The van der Waals surface area contributed by atoms with Gasteiger partial charge in [-0.3, -0.25) is 9.47 Å². The van der Waals surface area contributed by atoms with Crippen molar-refractivity contribution < 1.29 is 22.3 Å². The van der Waals surface area contributed by atoms with Gasteiger partial charge < -0.3 is 9.64 Å². The number of fused-ring (bicyclic) bond motifs is 3. The van der Waals surface area contributed by atoms with E-state index < -0.39 is 17.7 Å². The van der Waals surface area contributed by atoms with Crippen LogP contribution < -0.4 is 4.90 Å². The number of halogens is 5. The van der Waals surface area contributed by atoms with Crippen LogP contribution in [-0.2, 0) is 24.0 Å². The highest BCUT2D eigenvalue weighted by atomic mass is 35.5. The van der Waals surface area contributed by atoms with Crippen molar-refractivity contribution in [2.75, 3.05) is 31.2 Å². The van der Waals surface area contributed by atoms with Crippen molar-refractivity contribution in [2.45, 2.75) is 50.5 Å². The van der Waals surface area contributed by atoms with Crippen LogP contribution in [0.2, 0.25) is 5.02 Å². The van der Waals surface area contributed by atoms with Crippen LogP contribution in [-0.4, -0.2) is 57.0 Å². The van der Waals surface area contributed by atoms with E-state index in [9.17, 15) is 17.6 Å². The van der Waals surface area contributed by atoms with Crippen LogP contribution in [0.3, 0.4) is 0 Å². The number of hydrogen-bond acceptors (Lipinski definition) is 6. The van der Waals surface area contributed by atoms with E-state index in [1.165, 1.54) is 6.07 Å². The molecule has 0 bridgehead atoms. The highest BCUT2D eigenvalue weighted by Gasteiger charge is 2.37. The number of ether oxygens (including phenoxy) is 1. The lowest BCUT2D eigenvalue weighted by Crippen LogP contribution is -2.35. The summed E-state index contributed by atoms with van der Waals surface area (Å²) in [5.74, 6) is 0.507. The van der Waals surface area contributed by atoms with Gasteiger partial charge in [-0.25, -0.2) is 9.37 Å². The average Bonchev–Trinajstić information content (AvgIpc) is 3.52. The topological polar surface area (TPSA) is 59.3 Å². The molecule has 0 radical (unpaired) electrons. The van der Waals surface area contributed by atoms with Crippen LogP contribution >= 0.6 is 11.6 Å². The number of pyridine rings is 1. The van der Waals surface area contributed by atoms with E-state index in [4.69, 9.17) is 16.3 Å². The smallest absolute Gasteiger partial charge is 0.380 e. The third-order valence-electron chi connectivity index (χ3n) is 7.46. The Balaban J connectivity index is 1.27. The minimum absolute atomic E-state index is 0.0601. The van der Waals surface area contributed by atoms with Crippen molar-refractivity contribution in [2.24, 2.45) is 0 Å². The Kier molecular flexibility index (Phi) is 6.32. The average molecular weight is 537 g/mol. The molecule has 3 aromatic rings. The molecule has 196 valence electrons. The van der Waals surface area contributed by atoms with Crippen molar-refractivity contribution in [1.29, 1.82) is 0 Å². The predicted molar refractivity (Wildman–Crippen MR) is 128 cm³/mol. The number of rotatable bonds is 3. The summed E-state index contributed by atoms with van der Waals surface area (Å²) in [7, 11) is 0. The van der Waals surface area contributed by atoms with Gasteiger partial charge in [-0.1, -0.05) is 11.6 Å². The van der Waals surface area contributed by atoms with E-state index in [1.807, 2.05) is 18.2 Å². The molecule has 0 amide bonds. The molecule has 2 fully saturated rings. The fraction of sp³-hybridized carbons (Fsp3) is 0.480. The maximum Gasteiger partial charge on any atom is 0.436 e. The quantitative estimate of drug-likeness (QED) is 0.441. The lowest BCUT2D eigenvalue weighted by Gasteiger charge is -2.33. The molecule has 1 aromatic carbocycles. The summed E-state index contributed by atoms with van der Waals surface area (Å²) in [6.07, 6.45) is -2.57. The first-order valence-corrected chi connectivity index (χ1v) is 12.7. The van der Waals surface area contributed by atoms with E-state index in [1.54, 1.807) is 4.90 Å². The first-order valence-electron chi connectivity index (χ1n) is 12.3. The molecule has 0 N–H and O–H groups in total. The molecule has 0 spiro atoms. The monoisotopic (exact) mass is 536 g/mol. The van der Waals surface area contributed by atoms with E-state index in [2.05, 4.69) is 24.6 Å². The molecule has 2 aromatic heterocycles. The van der Waals surface area contributed by atoms with Crippen LogP contribution in [0, 0.1) is 5.82 Å². The van der Waals surface area contributed by atoms with Gasteiger partial charge in [0.25, 0.3) is 0 Å². The van der Waals surface area contributed by atoms with Gasteiger partial charge in [0.05, 0.1) is 18.8 Å². The predicted octanol–water partition coefficient (Wildman–Crippen LogP) is 4.96. The Labute approximate surface area is 216 Å². The summed E-state index contributed by atoms with van der Waals surface area (Å²) in [5.41, 5.74) is 0.604. The number of piperidine rings is 1. The number of aromatic nitrogens is 4. The minimum Gasteiger partial charge on any atom is -0.380 e. The fourth-order valence-corrected chi connectivity index (χ4v) is 5.75. The van der Waals surface area contributed by atoms with Crippen molar-refractivity contribution in [3.05, 3.63) is 64.1 Å². The second-order valence-corrected chi connectivity index (χ2v) is 10.2. The Morgan fingerprint density at radius 3 is 2.54 bits per heavy atom. The number of benzene rings is 1. The Morgan fingerprint density at radius 1 is 1.00 bits per heavy atom. The Bertz CT molecular complexity index is 1300. The molecule has 0 unspecified atom stereocenters. The molecule has 0 saturated carbocycles. The van der Waals surface area contributed by atoms with Gasteiger partial charge in [0.2, 0.25) is 0 Å². The Morgan fingerprint density at radius 2 is 1.81 bits per heavy atom. The maximum atomic E-state index is 13.7. The minimum atomic E-state index is -4.84. The van der Waals surface area contributed by atoms with Crippen molar-refractivity contribution in [1.82, 2.24) is 24.6 Å². The number of nitrogens with zero attached hydrogens (tertiary/aromatic N) is 6. The van der Waals surface area contributed by atoms with Crippen LogP contribution in [0.5, 0.6) is 0 Å². The second kappa shape index (κ2) is 9.52. The summed E-state index contributed by atoms with van der Waals surface area (Å²) in [5, 5.41) is 9.82. The zero-order valence-corrected chi connectivity index (χ0v) is 20.6. The van der Waals surface area contributed by atoms with Crippen LogP contribution in [0.1, 0.15) is 48.1 Å². The number of hydrogen-bond donors (Lipinski definition) is 0. The first kappa shape index (κ1) is 24.6. The molecule has 2 saturated heterocycles.